The molecule has 1 aromatic carbocycles. The van der Waals surface area contributed by atoms with Gasteiger partial charge < -0.3 is 14.5 Å². The molecule has 5 rings (SSSR count). The molecule has 0 N–H and O–H groups in total. The number of nitrogens with zero attached hydrogens (tertiary/aromatic N) is 4. The fourth-order valence-electron chi connectivity index (χ4n) is 4.46. The van der Waals surface area contributed by atoms with Crippen LogP contribution >= 0.6 is 0 Å². The molecule has 0 unspecified atom stereocenters. The summed E-state index contributed by atoms with van der Waals surface area (Å²) in [5.74, 6) is 1.87. The average Bonchev–Trinajstić information content (AvgIpc) is 3.07. The predicted octanol–water partition coefficient (Wildman–Crippen LogP) is 1.93. The number of hydrogen-bond donors (Lipinski definition) is 0. The van der Waals surface area contributed by atoms with Crippen LogP contribution in [-0.4, -0.2) is 60.2 Å². The van der Waals surface area contributed by atoms with E-state index in [1.54, 1.807) is 0 Å². The van der Waals surface area contributed by atoms with Crippen LogP contribution in [0.3, 0.4) is 0 Å². The molecule has 2 bridgehead atoms. The van der Waals surface area contributed by atoms with Gasteiger partial charge in [0.25, 0.3) is 0 Å². The summed E-state index contributed by atoms with van der Waals surface area (Å²) in [5, 5.41) is 0. The fraction of sp³-hybridized carbons (Fsp3) is 0.476. The molecule has 1 aliphatic carbocycles. The number of aromatic nitrogens is 2. The predicted molar refractivity (Wildman–Crippen MR) is 103 cm³/mol. The van der Waals surface area contributed by atoms with Crippen molar-refractivity contribution in [2.24, 2.45) is 5.92 Å². The highest BCUT2D eigenvalue weighted by molar-refractivity contribution is 5.81. The Labute approximate surface area is 159 Å². The van der Waals surface area contributed by atoms with E-state index in [1.807, 2.05) is 30.1 Å². The van der Waals surface area contributed by atoms with Gasteiger partial charge in [-0.3, -0.25) is 4.79 Å². The van der Waals surface area contributed by atoms with Gasteiger partial charge in [0.2, 0.25) is 5.91 Å². The van der Waals surface area contributed by atoms with Crippen molar-refractivity contribution in [3.63, 3.8) is 0 Å². The van der Waals surface area contributed by atoms with E-state index in [2.05, 4.69) is 17.0 Å². The van der Waals surface area contributed by atoms with Gasteiger partial charge in [0.1, 0.15) is 5.82 Å². The third-order valence-corrected chi connectivity index (χ3v) is 5.99. The van der Waals surface area contributed by atoms with Gasteiger partial charge in [-0.15, -0.1) is 0 Å². The van der Waals surface area contributed by atoms with Gasteiger partial charge in [-0.05, 0) is 19.3 Å². The number of carbonyl (C=O) groups is 1. The second-order valence-corrected chi connectivity index (χ2v) is 7.76. The first kappa shape index (κ1) is 16.7. The Balaban J connectivity index is 1.58. The molecule has 27 heavy (non-hydrogen) atoms. The largest absolute Gasteiger partial charge is 0.378 e. The minimum Gasteiger partial charge on any atom is -0.378 e. The van der Waals surface area contributed by atoms with E-state index in [1.165, 1.54) is 11.3 Å². The molecule has 2 atom stereocenters. The third kappa shape index (κ3) is 2.88. The number of anilines is 1. The third-order valence-electron chi connectivity index (χ3n) is 5.99. The number of fused-ring (bicyclic) bond motifs is 4. The summed E-state index contributed by atoms with van der Waals surface area (Å²) in [6.45, 7) is 2.51. The minimum atomic E-state index is -0.130. The molecule has 140 valence electrons. The van der Waals surface area contributed by atoms with E-state index in [4.69, 9.17) is 14.7 Å². The number of likely N-dealkylation sites (N-methyl/N-ethyl adjacent to an activating group) is 1. The Morgan fingerprint density at radius 2 is 1.93 bits per heavy atom. The zero-order valence-electron chi connectivity index (χ0n) is 15.6. The second-order valence-electron chi connectivity index (χ2n) is 7.76. The van der Waals surface area contributed by atoms with Crippen molar-refractivity contribution < 1.29 is 9.53 Å². The second kappa shape index (κ2) is 6.60. The first-order valence-electron chi connectivity index (χ1n) is 9.75. The van der Waals surface area contributed by atoms with Gasteiger partial charge in [0.05, 0.1) is 25.2 Å². The Bertz CT molecular complexity index is 870. The molecule has 0 spiro atoms. The van der Waals surface area contributed by atoms with Crippen LogP contribution in [0.5, 0.6) is 0 Å². The van der Waals surface area contributed by atoms with E-state index < -0.39 is 0 Å². The molecule has 6 heteroatoms. The number of amides is 1. The lowest BCUT2D eigenvalue weighted by Gasteiger charge is -2.31. The lowest BCUT2D eigenvalue weighted by atomic mass is 10.1. The number of benzene rings is 1. The highest BCUT2D eigenvalue weighted by Crippen LogP contribution is 2.33. The normalized spacial score (nSPS) is 24.7. The van der Waals surface area contributed by atoms with Gasteiger partial charge in [0, 0.05) is 37.0 Å². The highest BCUT2D eigenvalue weighted by Gasteiger charge is 2.38. The summed E-state index contributed by atoms with van der Waals surface area (Å²) >= 11 is 0. The summed E-state index contributed by atoms with van der Waals surface area (Å²) in [6.07, 6.45) is 3.15. The molecule has 2 aromatic rings. The van der Waals surface area contributed by atoms with Crippen molar-refractivity contribution in [3.8, 4) is 11.4 Å². The maximum atomic E-state index is 12.7. The minimum absolute atomic E-state index is 0.0668. The summed E-state index contributed by atoms with van der Waals surface area (Å²) in [6, 6.07) is 10.2. The topological polar surface area (TPSA) is 58.6 Å². The van der Waals surface area contributed by atoms with E-state index >= 15 is 0 Å². The van der Waals surface area contributed by atoms with E-state index in [-0.39, 0.29) is 17.9 Å². The standard InChI is InChI=1S/C21H24N4O2/c1-24-16-11-25(10-15(21(24)26)12-27-13-16)20-17-8-5-9-18(17)22-19(23-20)14-6-3-2-4-7-14/h2-4,6-7,15-16H,5,8-13H2,1H3/t15-,16+/m1/s1. The van der Waals surface area contributed by atoms with Gasteiger partial charge in [-0.2, -0.15) is 0 Å². The Kier molecular flexibility index (Phi) is 4.08. The monoisotopic (exact) mass is 364 g/mol. The van der Waals surface area contributed by atoms with Crippen molar-refractivity contribution >= 4 is 11.7 Å². The number of hydrogen-bond acceptors (Lipinski definition) is 5. The van der Waals surface area contributed by atoms with Crippen LogP contribution in [-0.2, 0) is 22.4 Å². The zero-order valence-corrected chi connectivity index (χ0v) is 15.6. The molecule has 3 heterocycles. The van der Waals surface area contributed by atoms with Crippen LogP contribution in [0.4, 0.5) is 5.82 Å². The van der Waals surface area contributed by atoms with Crippen LogP contribution in [0, 0.1) is 5.92 Å². The van der Waals surface area contributed by atoms with E-state index in [0.717, 1.165) is 43.0 Å². The van der Waals surface area contributed by atoms with Crippen molar-refractivity contribution in [2.45, 2.75) is 25.3 Å². The lowest BCUT2D eigenvalue weighted by molar-refractivity contribution is -0.133. The molecule has 3 aliphatic rings. The molecule has 0 saturated carbocycles. The number of aryl methyl sites for hydroxylation is 1. The molecular formula is C21H24N4O2. The number of ether oxygens (including phenoxy) is 1. The Morgan fingerprint density at radius 3 is 2.78 bits per heavy atom. The summed E-state index contributed by atoms with van der Waals surface area (Å²) in [4.78, 5) is 26.8. The smallest absolute Gasteiger partial charge is 0.229 e. The molecule has 1 aromatic heterocycles. The first-order chi connectivity index (χ1) is 13.2. The van der Waals surface area contributed by atoms with Gasteiger partial charge in [-0.25, -0.2) is 9.97 Å². The molecular weight excluding hydrogens is 340 g/mol. The number of rotatable bonds is 2. The van der Waals surface area contributed by atoms with Crippen LogP contribution in [0.15, 0.2) is 30.3 Å². The zero-order chi connectivity index (χ0) is 18.4. The molecule has 2 aliphatic heterocycles. The molecule has 2 saturated heterocycles. The highest BCUT2D eigenvalue weighted by atomic mass is 16.5. The van der Waals surface area contributed by atoms with Crippen molar-refractivity contribution in [1.82, 2.24) is 14.9 Å². The number of carbonyl (C=O) groups excluding carboxylic acids is 1. The van der Waals surface area contributed by atoms with Crippen LogP contribution in [0.2, 0.25) is 0 Å². The maximum Gasteiger partial charge on any atom is 0.229 e. The van der Waals surface area contributed by atoms with Crippen LogP contribution in [0.1, 0.15) is 17.7 Å². The van der Waals surface area contributed by atoms with Crippen molar-refractivity contribution in [1.29, 1.82) is 0 Å². The molecule has 1 amide bonds. The Morgan fingerprint density at radius 1 is 1.07 bits per heavy atom. The average molecular weight is 364 g/mol. The SMILES string of the molecule is CN1C(=O)[C@H]2COC[C@@H]1CN(c1nc(-c3ccccc3)nc3c1CCC3)C2. The molecule has 2 fully saturated rings. The maximum absolute atomic E-state index is 12.7. The lowest BCUT2D eigenvalue weighted by Crippen LogP contribution is -2.43. The van der Waals surface area contributed by atoms with E-state index in [9.17, 15) is 4.79 Å². The molecule has 0 radical (unpaired) electrons. The quantitative estimate of drug-likeness (QED) is 0.815. The fourth-order valence-corrected chi connectivity index (χ4v) is 4.46. The summed E-state index contributed by atoms with van der Waals surface area (Å²) < 4.78 is 5.75. The summed E-state index contributed by atoms with van der Waals surface area (Å²) in [7, 11) is 1.90. The summed E-state index contributed by atoms with van der Waals surface area (Å²) in [5.41, 5.74) is 3.48. The molecule has 6 nitrogen and oxygen atoms in total. The Hall–Kier alpha value is -2.47. The van der Waals surface area contributed by atoms with Gasteiger partial charge in [-0.1, -0.05) is 30.3 Å². The van der Waals surface area contributed by atoms with E-state index in [0.29, 0.717) is 19.8 Å². The van der Waals surface area contributed by atoms with Crippen LogP contribution in [0.25, 0.3) is 11.4 Å². The van der Waals surface area contributed by atoms with Gasteiger partial charge >= 0.3 is 0 Å². The van der Waals surface area contributed by atoms with Crippen molar-refractivity contribution in [2.75, 3.05) is 38.3 Å². The van der Waals surface area contributed by atoms with Crippen LogP contribution < -0.4 is 4.90 Å². The van der Waals surface area contributed by atoms with Gasteiger partial charge in [0.15, 0.2) is 5.82 Å². The first-order valence-corrected chi connectivity index (χ1v) is 9.75. The van der Waals surface area contributed by atoms with Crippen molar-refractivity contribution in [3.05, 3.63) is 41.6 Å².